The Balaban J connectivity index is 1.14. The number of methoxy groups -OCH3 is 1. The van der Waals surface area contributed by atoms with Gasteiger partial charge in [0.25, 0.3) is 5.91 Å². The minimum absolute atomic E-state index is 0.173. The summed E-state index contributed by atoms with van der Waals surface area (Å²) in [5.74, 6) is 0.985. The Labute approximate surface area is 196 Å². The number of anilines is 1. The van der Waals surface area contributed by atoms with E-state index in [2.05, 4.69) is 4.90 Å². The number of hydrogen-bond acceptors (Lipinski definition) is 7. The molecule has 8 heteroatoms. The molecule has 0 unspecified atom stereocenters. The molecule has 33 heavy (non-hydrogen) atoms. The fraction of sp³-hybridized carbons (Fsp3) is 0.280. The van der Waals surface area contributed by atoms with E-state index in [1.54, 1.807) is 18.1 Å². The van der Waals surface area contributed by atoms with Crippen molar-refractivity contribution in [3.8, 4) is 21.9 Å². The maximum atomic E-state index is 12.6. The molecule has 1 fully saturated rings. The maximum Gasteiger partial charge on any atom is 0.348 e. The number of nitrogens with zero attached hydrogens (tertiary/aromatic N) is 2. The van der Waals surface area contributed by atoms with Crippen LogP contribution < -0.4 is 14.4 Å². The van der Waals surface area contributed by atoms with Crippen molar-refractivity contribution < 1.29 is 23.8 Å². The number of esters is 1. The van der Waals surface area contributed by atoms with Gasteiger partial charge in [0.05, 0.1) is 7.11 Å². The number of rotatable bonds is 5. The van der Waals surface area contributed by atoms with Crippen LogP contribution in [-0.4, -0.2) is 56.7 Å². The number of piperazine rings is 1. The first-order valence-corrected chi connectivity index (χ1v) is 11.6. The molecule has 1 saturated heterocycles. The Morgan fingerprint density at radius 1 is 1.03 bits per heavy atom. The molecule has 0 N–H and O–H groups in total. The summed E-state index contributed by atoms with van der Waals surface area (Å²) in [4.78, 5) is 30.7. The Hall–Kier alpha value is -3.52. The van der Waals surface area contributed by atoms with Gasteiger partial charge in [-0.3, -0.25) is 4.79 Å². The first-order chi connectivity index (χ1) is 16.1. The fourth-order valence-electron chi connectivity index (χ4n) is 4.10. The highest BCUT2D eigenvalue weighted by atomic mass is 32.1. The Morgan fingerprint density at radius 2 is 1.79 bits per heavy atom. The predicted octanol–water partition coefficient (Wildman–Crippen LogP) is 3.82. The van der Waals surface area contributed by atoms with E-state index in [-0.39, 0.29) is 12.5 Å². The Morgan fingerprint density at radius 3 is 2.55 bits per heavy atom. The van der Waals surface area contributed by atoms with Crippen LogP contribution >= 0.6 is 11.3 Å². The Bertz CT molecular complexity index is 1170. The molecule has 7 nitrogen and oxygen atoms in total. The van der Waals surface area contributed by atoms with Gasteiger partial charge in [-0.25, -0.2) is 4.79 Å². The topological polar surface area (TPSA) is 68.3 Å². The molecule has 5 rings (SSSR count). The third-order valence-electron chi connectivity index (χ3n) is 5.92. The molecule has 2 aromatic carbocycles. The first kappa shape index (κ1) is 21.3. The summed E-state index contributed by atoms with van der Waals surface area (Å²) in [6.45, 7) is 2.80. The highest BCUT2D eigenvalue weighted by Crippen LogP contribution is 2.42. The number of para-hydroxylation sites is 1. The quantitative estimate of drug-likeness (QED) is 0.535. The van der Waals surface area contributed by atoms with Gasteiger partial charge in [-0.15, -0.1) is 11.3 Å². The number of amides is 1. The summed E-state index contributed by atoms with van der Waals surface area (Å²) in [6.07, 6.45) is 0. The maximum absolute atomic E-state index is 12.6. The van der Waals surface area contributed by atoms with E-state index in [0.29, 0.717) is 24.6 Å². The van der Waals surface area contributed by atoms with Crippen molar-refractivity contribution in [1.82, 2.24) is 4.90 Å². The van der Waals surface area contributed by atoms with E-state index in [4.69, 9.17) is 14.2 Å². The molecular weight excluding hydrogens is 440 g/mol. The van der Waals surface area contributed by atoms with Crippen LogP contribution in [-0.2, 0) is 16.1 Å². The van der Waals surface area contributed by atoms with Gasteiger partial charge in [0.2, 0.25) is 0 Å². The molecule has 0 bridgehead atoms. The number of fused-ring (bicyclic) bond motifs is 3. The normalized spacial score (nSPS) is 14.7. The van der Waals surface area contributed by atoms with Crippen molar-refractivity contribution in [2.75, 3.05) is 44.8 Å². The lowest BCUT2D eigenvalue weighted by Crippen LogP contribution is -2.49. The van der Waals surface area contributed by atoms with E-state index in [1.165, 1.54) is 11.3 Å². The molecule has 1 aromatic heterocycles. The molecule has 0 aliphatic carbocycles. The van der Waals surface area contributed by atoms with Crippen LogP contribution in [0.4, 0.5) is 5.69 Å². The molecule has 170 valence electrons. The average molecular weight is 465 g/mol. The second kappa shape index (κ2) is 9.15. The fourth-order valence-corrected chi connectivity index (χ4v) is 5.19. The van der Waals surface area contributed by atoms with Crippen molar-refractivity contribution in [1.29, 1.82) is 0 Å². The van der Waals surface area contributed by atoms with Crippen LogP contribution in [0.1, 0.15) is 15.2 Å². The van der Waals surface area contributed by atoms with Gasteiger partial charge in [0.1, 0.15) is 23.0 Å². The molecule has 0 atom stereocenters. The second-order valence-corrected chi connectivity index (χ2v) is 8.94. The third kappa shape index (κ3) is 4.39. The van der Waals surface area contributed by atoms with E-state index >= 15 is 0 Å². The lowest BCUT2D eigenvalue weighted by molar-refractivity contribution is -0.134. The van der Waals surface area contributed by atoms with Crippen molar-refractivity contribution in [2.24, 2.45) is 0 Å². The van der Waals surface area contributed by atoms with Gasteiger partial charge in [0, 0.05) is 47.9 Å². The van der Waals surface area contributed by atoms with Crippen molar-refractivity contribution in [2.45, 2.75) is 6.61 Å². The summed E-state index contributed by atoms with van der Waals surface area (Å²) >= 11 is 1.38. The molecule has 1 amide bonds. The molecule has 3 heterocycles. The van der Waals surface area contributed by atoms with Crippen molar-refractivity contribution in [3.63, 3.8) is 0 Å². The van der Waals surface area contributed by atoms with Gasteiger partial charge in [-0.05, 0) is 42.5 Å². The molecular formula is C25H24N2O5S. The number of hydrogen-bond donors (Lipinski definition) is 0. The van der Waals surface area contributed by atoms with Crippen LogP contribution in [0.15, 0.2) is 54.6 Å². The number of carbonyl (C=O) groups excluding carboxylic acids is 2. The van der Waals surface area contributed by atoms with Crippen LogP contribution in [0.5, 0.6) is 11.5 Å². The molecule has 0 saturated carbocycles. The number of ether oxygens (including phenoxy) is 3. The minimum atomic E-state index is -0.475. The van der Waals surface area contributed by atoms with Gasteiger partial charge in [-0.1, -0.05) is 12.1 Å². The zero-order valence-corrected chi connectivity index (χ0v) is 19.1. The van der Waals surface area contributed by atoms with E-state index in [9.17, 15) is 9.59 Å². The highest BCUT2D eigenvalue weighted by molar-refractivity contribution is 7.17. The Kier molecular flexibility index (Phi) is 5.92. The van der Waals surface area contributed by atoms with Gasteiger partial charge in [0.15, 0.2) is 6.61 Å². The van der Waals surface area contributed by atoms with Crippen LogP contribution in [0.3, 0.4) is 0 Å². The second-order valence-electron chi connectivity index (χ2n) is 7.89. The van der Waals surface area contributed by atoms with E-state index in [0.717, 1.165) is 46.3 Å². The average Bonchev–Trinajstić information content (AvgIpc) is 3.32. The van der Waals surface area contributed by atoms with Crippen LogP contribution in [0, 0.1) is 0 Å². The van der Waals surface area contributed by atoms with E-state index in [1.807, 2.05) is 48.5 Å². The molecule has 2 aliphatic heterocycles. The zero-order chi connectivity index (χ0) is 22.8. The molecule has 0 spiro atoms. The van der Waals surface area contributed by atoms with E-state index < -0.39 is 5.97 Å². The number of thiophene rings is 1. The third-order valence-corrected chi connectivity index (χ3v) is 7.11. The predicted molar refractivity (Wildman–Crippen MR) is 126 cm³/mol. The van der Waals surface area contributed by atoms with Gasteiger partial charge in [-0.2, -0.15) is 0 Å². The minimum Gasteiger partial charge on any atom is -0.497 e. The molecule has 0 radical (unpaired) electrons. The summed E-state index contributed by atoms with van der Waals surface area (Å²) in [7, 11) is 1.65. The molecule has 2 aliphatic rings. The molecule has 3 aromatic rings. The summed E-state index contributed by atoms with van der Waals surface area (Å²) in [5.41, 5.74) is 3.04. The summed E-state index contributed by atoms with van der Waals surface area (Å²) < 4.78 is 16.3. The largest absolute Gasteiger partial charge is 0.497 e. The zero-order valence-electron chi connectivity index (χ0n) is 18.3. The standard InChI is InChI=1S/C25H24N2O5S/c1-30-19-8-6-18(7-9-19)26-10-12-27(13-11-26)23(28)16-32-25(29)22-14-17-15-31-21-5-3-2-4-20(21)24(17)33-22/h2-9,14H,10-13,15-16H2,1H3. The van der Waals surface area contributed by atoms with Crippen molar-refractivity contribution in [3.05, 3.63) is 65.0 Å². The first-order valence-electron chi connectivity index (χ1n) is 10.8. The summed E-state index contributed by atoms with van der Waals surface area (Å²) in [5, 5.41) is 0. The van der Waals surface area contributed by atoms with Crippen LogP contribution in [0.25, 0.3) is 10.4 Å². The smallest absolute Gasteiger partial charge is 0.348 e. The number of carbonyl (C=O) groups is 2. The SMILES string of the molecule is COc1ccc(N2CCN(C(=O)COC(=O)c3cc4c(s3)-c3ccccc3OC4)CC2)cc1. The van der Waals surface area contributed by atoms with Gasteiger partial charge < -0.3 is 24.0 Å². The lowest BCUT2D eigenvalue weighted by Gasteiger charge is -2.36. The number of benzene rings is 2. The van der Waals surface area contributed by atoms with Gasteiger partial charge >= 0.3 is 5.97 Å². The summed E-state index contributed by atoms with van der Waals surface area (Å²) in [6, 6.07) is 17.5. The highest BCUT2D eigenvalue weighted by Gasteiger charge is 2.25. The van der Waals surface area contributed by atoms with Crippen LogP contribution in [0.2, 0.25) is 0 Å². The lowest BCUT2D eigenvalue weighted by atomic mass is 10.1. The van der Waals surface area contributed by atoms with Crippen molar-refractivity contribution >= 4 is 28.9 Å². The monoisotopic (exact) mass is 464 g/mol.